The average molecular weight is 265 g/mol. The topological polar surface area (TPSA) is 58.4 Å². The number of nitrogens with two attached hydrogens (primary N) is 1. The van der Waals surface area contributed by atoms with E-state index in [0.29, 0.717) is 5.69 Å². The summed E-state index contributed by atoms with van der Waals surface area (Å²) in [5.74, 6) is -0.948. The van der Waals surface area contributed by atoms with E-state index < -0.39 is 11.7 Å². The Hall–Kier alpha value is -1.62. The number of carbonyl (C=O) groups excluding carboxylic acids is 1. The summed E-state index contributed by atoms with van der Waals surface area (Å²) in [6.45, 7) is 4.88. The number of halogens is 1. The first-order valence-corrected chi connectivity index (χ1v) is 6.64. The predicted molar refractivity (Wildman–Crippen MR) is 73.4 cm³/mol. The van der Waals surface area contributed by atoms with Gasteiger partial charge in [-0.15, -0.1) is 0 Å². The highest BCUT2D eigenvalue weighted by atomic mass is 19.1. The minimum Gasteiger partial charge on any atom is -0.399 e. The lowest BCUT2D eigenvalue weighted by molar-refractivity contribution is 0.0928. The Morgan fingerprint density at radius 2 is 2.16 bits per heavy atom. The summed E-state index contributed by atoms with van der Waals surface area (Å²) in [6.07, 6.45) is 2.43. The van der Waals surface area contributed by atoms with Crippen molar-refractivity contribution < 1.29 is 9.18 Å². The van der Waals surface area contributed by atoms with Crippen molar-refractivity contribution in [3.05, 3.63) is 29.6 Å². The van der Waals surface area contributed by atoms with Crippen LogP contribution in [0.5, 0.6) is 0 Å². The number of benzene rings is 1. The summed E-state index contributed by atoms with van der Waals surface area (Å²) in [4.78, 5) is 14.3. The summed E-state index contributed by atoms with van der Waals surface area (Å²) < 4.78 is 13.5. The first-order valence-electron chi connectivity index (χ1n) is 6.64. The molecule has 1 unspecified atom stereocenters. The fourth-order valence-electron chi connectivity index (χ4n) is 2.42. The Bertz CT molecular complexity index is 458. The fourth-order valence-corrected chi connectivity index (χ4v) is 2.42. The number of nitrogens with zero attached hydrogens (tertiary/aromatic N) is 1. The van der Waals surface area contributed by atoms with Gasteiger partial charge in [0.1, 0.15) is 5.82 Å². The van der Waals surface area contributed by atoms with Crippen LogP contribution in [0.25, 0.3) is 0 Å². The zero-order chi connectivity index (χ0) is 13.8. The SMILES string of the molecule is CC(CN1CCCC1)NC(=O)c1cc(N)ccc1F. The molecule has 1 aliphatic rings. The molecule has 1 aliphatic heterocycles. The second-order valence-electron chi connectivity index (χ2n) is 5.12. The third kappa shape index (κ3) is 3.67. The van der Waals surface area contributed by atoms with Crippen LogP contribution in [0.3, 0.4) is 0 Å². The lowest BCUT2D eigenvalue weighted by Crippen LogP contribution is -2.41. The molecule has 104 valence electrons. The van der Waals surface area contributed by atoms with Crippen LogP contribution in [0, 0.1) is 5.82 Å². The summed E-state index contributed by atoms with van der Waals surface area (Å²) >= 11 is 0. The van der Waals surface area contributed by atoms with Gasteiger partial charge in [0.05, 0.1) is 5.56 Å². The maximum atomic E-state index is 13.5. The average Bonchev–Trinajstić information content (AvgIpc) is 2.84. The van der Waals surface area contributed by atoms with E-state index in [2.05, 4.69) is 10.2 Å². The molecular weight excluding hydrogens is 245 g/mol. The number of nitrogen functional groups attached to an aromatic ring is 1. The third-order valence-corrected chi connectivity index (χ3v) is 3.34. The maximum absolute atomic E-state index is 13.5. The number of carbonyl (C=O) groups is 1. The quantitative estimate of drug-likeness (QED) is 0.813. The normalized spacial score (nSPS) is 17.4. The molecule has 0 spiro atoms. The number of nitrogens with one attached hydrogen (secondary N) is 1. The number of likely N-dealkylation sites (tertiary alicyclic amines) is 1. The van der Waals surface area contributed by atoms with Crippen molar-refractivity contribution in [3.8, 4) is 0 Å². The van der Waals surface area contributed by atoms with Gasteiger partial charge in [-0.1, -0.05) is 0 Å². The van der Waals surface area contributed by atoms with Gasteiger partial charge in [0.15, 0.2) is 0 Å². The summed E-state index contributed by atoms with van der Waals surface area (Å²) in [6, 6.07) is 4.02. The third-order valence-electron chi connectivity index (χ3n) is 3.34. The van der Waals surface area contributed by atoms with Crippen LogP contribution in [0.15, 0.2) is 18.2 Å². The Balaban J connectivity index is 1.94. The zero-order valence-electron chi connectivity index (χ0n) is 11.2. The molecule has 1 saturated heterocycles. The van der Waals surface area contributed by atoms with E-state index in [-0.39, 0.29) is 11.6 Å². The van der Waals surface area contributed by atoms with Crippen LogP contribution in [0.2, 0.25) is 0 Å². The maximum Gasteiger partial charge on any atom is 0.254 e. The van der Waals surface area contributed by atoms with E-state index >= 15 is 0 Å². The molecule has 1 atom stereocenters. The van der Waals surface area contributed by atoms with Gasteiger partial charge in [0.25, 0.3) is 5.91 Å². The smallest absolute Gasteiger partial charge is 0.254 e. The standard InChI is InChI=1S/C14H20FN3O/c1-10(9-18-6-2-3-7-18)17-14(19)12-8-11(16)4-5-13(12)15/h4-5,8,10H,2-3,6-7,9,16H2,1H3,(H,17,19). The molecule has 3 N–H and O–H groups in total. The molecule has 2 rings (SSSR count). The minimum atomic E-state index is -0.542. The lowest BCUT2D eigenvalue weighted by atomic mass is 10.1. The molecular formula is C14H20FN3O. The Labute approximate surface area is 112 Å². The Morgan fingerprint density at radius 1 is 1.47 bits per heavy atom. The first-order chi connectivity index (χ1) is 9.06. The predicted octanol–water partition coefficient (Wildman–Crippen LogP) is 1.62. The fraction of sp³-hybridized carbons (Fsp3) is 0.500. The van der Waals surface area contributed by atoms with Crippen LogP contribution >= 0.6 is 0 Å². The molecule has 4 nitrogen and oxygen atoms in total. The number of rotatable bonds is 4. The van der Waals surface area contributed by atoms with Crippen LogP contribution in [0.4, 0.5) is 10.1 Å². The first kappa shape index (κ1) is 13.8. The van der Waals surface area contributed by atoms with Crippen molar-refractivity contribution in [2.75, 3.05) is 25.4 Å². The monoisotopic (exact) mass is 265 g/mol. The molecule has 0 aliphatic carbocycles. The van der Waals surface area contributed by atoms with Crippen molar-refractivity contribution in [1.82, 2.24) is 10.2 Å². The number of amides is 1. The van der Waals surface area contributed by atoms with Crippen LogP contribution in [-0.4, -0.2) is 36.5 Å². The van der Waals surface area contributed by atoms with Crippen LogP contribution in [-0.2, 0) is 0 Å². The van der Waals surface area contributed by atoms with E-state index in [1.807, 2.05) is 6.92 Å². The molecule has 0 saturated carbocycles. The van der Waals surface area contributed by atoms with Gasteiger partial charge in [-0.2, -0.15) is 0 Å². The van der Waals surface area contributed by atoms with Gasteiger partial charge in [-0.3, -0.25) is 4.79 Å². The van der Waals surface area contributed by atoms with Crippen LogP contribution in [0.1, 0.15) is 30.1 Å². The highest BCUT2D eigenvalue weighted by Gasteiger charge is 2.18. The van der Waals surface area contributed by atoms with Gasteiger partial charge in [0, 0.05) is 18.3 Å². The Kier molecular flexibility index (Phi) is 4.37. The van der Waals surface area contributed by atoms with Crippen molar-refractivity contribution >= 4 is 11.6 Å². The molecule has 0 bridgehead atoms. The van der Waals surface area contributed by atoms with Gasteiger partial charge in [-0.05, 0) is 51.1 Å². The molecule has 1 amide bonds. The molecule has 0 radical (unpaired) electrons. The molecule has 1 aromatic carbocycles. The van der Waals surface area contributed by atoms with E-state index in [0.717, 1.165) is 19.6 Å². The molecule has 1 heterocycles. The van der Waals surface area contributed by atoms with Crippen molar-refractivity contribution in [2.24, 2.45) is 0 Å². The minimum absolute atomic E-state index is 0.00766. The van der Waals surface area contributed by atoms with Gasteiger partial charge >= 0.3 is 0 Å². The van der Waals surface area contributed by atoms with Crippen molar-refractivity contribution in [1.29, 1.82) is 0 Å². The van der Waals surface area contributed by atoms with Gasteiger partial charge in [-0.25, -0.2) is 4.39 Å². The van der Waals surface area contributed by atoms with E-state index in [4.69, 9.17) is 5.73 Å². The molecule has 1 aromatic rings. The number of anilines is 1. The summed E-state index contributed by atoms with van der Waals surface area (Å²) in [7, 11) is 0. The van der Waals surface area contributed by atoms with E-state index in [1.54, 1.807) is 0 Å². The summed E-state index contributed by atoms with van der Waals surface area (Å²) in [5, 5.41) is 2.81. The Morgan fingerprint density at radius 3 is 2.84 bits per heavy atom. The second-order valence-corrected chi connectivity index (χ2v) is 5.12. The molecule has 5 heteroatoms. The van der Waals surface area contributed by atoms with Gasteiger partial charge in [0.2, 0.25) is 0 Å². The lowest BCUT2D eigenvalue weighted by Gasteiger charge is -2.21. The molecule has 1 fully saturated rings. The van der Waals surface area contributed by atoms with Crippen LogP contribution < -0.4 is 11.1 Å². The summed E-state index contributed by atoms with van der Waals surface area (Å²) in [5.41, 5.74) is 5.97. The second kappa shape index (κ2) is 6.02. The highest BCUT2D eigenvalue weighted by Crippen LogP contribution is 2.12. The van der Waals surface area contributed by atoms with Crippen molar-refractivity contribution in [3.63, 3.8) is 0 Å². The zero-order valence-corrected chi connectivity index (χ0v) is 11.2. The van der Waals surface area contributed by atoms with Gasteiger partial charge < -0.3 is 16.0 Å². The number of hydrogen-bond donors (Lipinski definition) is 2. The molecule has 0 aromatic heterocycles. The largest absolute Gasteiger partial charge is 0.399 e. The van der Waals surface area contributed by atoms with Crippen molar-refractivity contribution in [2.45, 2.75) is 25.8 Å². The molecule has 19 heavy (non-hydrogen) atoms. The number of hydrogen-bond acceptors (Lipinski definition) is 3. The van der Waals surface area contributed by atoms with E-state index in [1.165, 1.54) is 31.0 Å². The van der Waals surface area contributed by atoms with E-state index in [9.17, 15) is 9.18 Å². The highest BCUT2D eigenvalue weighted by molar-refractivity contribution is 5.95.